The number of quaternary nitrogens is 1. The van der Waals surface area contributed by atoms with Gasteiger partial charge in [0, 0.05) is 5.56 Å². The molecule has 16 heavy (non-hydrogen) atoms. The van der Waals surface area contributed by atoms with Gasteiger partial charge < -0.3 is 20.6 Å². The van der Waals surface area contributed by atoms with Gasteiger partial charge in [0.05, 0.1) is 0 Å². The van der Waals surface area contributed by atoms with E-state index in [1.165, 1.54) is 12.1 Å². The molecular formula is C11H17FNO3+. The molecule has 5 N–H and O–H groups in total. The summed E-state index contributed by atoms with van der Waals surface area (Å²) >= 11 is 0. The Labute approximate surface area is 93.4 Å². The molecule has 0 aromatic heterocycles. The van der Waals surface area contributed by atoms with E-state index in [2.05, 4.69) is 0 Å². The molecule has 0 radical (unpaired) electrons. The van der Waals surface area contributed by atoms with Crippen LogP contribution >= 0.6 is 0 Å². The van der Waals surface area contributed by atoms with E-state index in [1.807, 2.05) is 0 Å². The first-order valence-electron chi connectivity index (χ1n) is 5.07. The number of hydrogen-bond acceptors (Lipinski definition) is 3. The van der Waals surface area contributed by atoms with Gasteiger partial charge in [-0.3, -0.25) is 0 Å². The lowest BCUT2D eigenvalue weighted by atomic mass is 10.0. The highest BCUT2D eigenvalue weighted by atomic mass is 19.1. The second-order valence-electron chi connectivity index (χ2n) is 3.87. The maximum Gasteiger partial charge on any atom is 0.166 e. The molecule has 0 saturated carbocycles. The monoisotopic (exact) mass is 230 g/mol. The van der Waals surface area contributed by atoms with Crippen molar-refractivity contribution in [2.45, 2.75) is 12.1 Å². The second kappa shape index (κ2) is 5.91. The van der Waals surface area contributed by atoms with E-state index in [-0.39, 0.29) is 25.6 Å². The summed E-state index contributed by atoms with van der Waals surface area (Å²) < 4.78 is 12.6. The van der Waals surface area contributed by atoms with Crippen molar-refractivity contribution in [2.24, 2.45) is 0 Å². The number of benzene rings is 1. The van der Waals surface area contributed by atoms with Gasteiger partial charge >= 0.3 is 0 Å². The SMILES string of the molecule is OCC(CO)(CO)[NH2+]Cc1ccc(F)cc1. The Morgan fingerprint density at radius 1 is 1.00 bits per heavy atom. The van der Waals surface area contributed by atoms with Crippen molar-refractivity contribution in [1.29, 1.82) is 0 Å². The molecule has 0 aliphatic carbocycles. The number of nitrogens with two attached hydrogens (primary N) is 1. The van der Waals surface area contributed by atoms with Crippen LogP contribution in [-0.2, 0) is 6.54 Å². The van der Waals surface area contributed by atoms with E-state index in [9.17, 15) is 4.39 Å². The van der Waals surface area contributed by atoms with Crippen molar-refractivity contribution < 1.29 is 25.0 Å². The predicted molar refractivity (Wildman–Crippen MR) is 56.0 cm³/mol. The molecule has 0 atom stereocenters. The van der Waals surface area contributed by atoms with Crippen LogP contribution in [-0.4, -0.2) is 40.7 Å². The lowest BCUT2D eigenvalue weighted by Crippen LogP contribution is -2.99. The smallest absolute Gasteiger partial charge is 0.166 e. The Morgan fingerprint density at radius 3 is 1.94 bits per heavy atom. The summed E-state index contributed by atoms with van der Waals surface area (Å²) in [5, 5.41) is 28.9. The van der Waals surface area contributed by atoms with Crippen molar-refractivity contribution in [3.8, 4) is 0 Å². The highest BCUT2D eigenvalue weighted by molar-refractivity contribution is 5.14. The first-order valence-corrected chi connectivity index (χ1v) is 5.07. The molecule has 1 aromatic carbocycles. The third-order valence-electron chi connectivity index (χ3n) is 2.63. The summed E-state index contributed by atoms with van der Waals surface area (Å²) in [6, 6.07) is 5.95. The van der Waals surface area contributed by atoms with Crippen LogP contribution in [0.2, 0.25) is 0 Å². The number of aliphatic hydroxyl groups excluding tert-OH is 3. The lowest BCUT2D eigenvalue weighted by Gasteiger charge is -2.25. The van der Waals surface area contributed by atoms with Crippen molar-refractivity contribution >= 4 is 0 Å². The molecule has 0 aliphatic heterocycles. The van der Waals surface area contributed by atoms with Gasteiger partial charge in [0.1, 0.15) is 32.2 Å². The van der Waals surface area contributed by atoms with Gasteiger partial charge in [0.25, 0.3) is 0 Å². The zero-order valence-electron chi connectivity index (χ0n) is 8.93. The van der Waals surface area contributed by atoms with E-state index in [0.29, 0.717) is 6.54 Å². The minimum absolute atomic E-state index is 0.304. The largest absolute Gasteiger partial charge is 0.390 e. The topological polar surface area (TPSA) is 77.3 Å². The van der Waals surface area contributed by atoms with Crippen LogP contribution in [0.3, 0.4) is 0 Å². The highest BCUT2D eigenvalue weighted by Gasteiger charge is 2.31. The molecular weight excluding hydrogens is 213 g/mol. The summed E-state index contributed by atoms with van der Waals surface area (Å²) in [6.45, 7) is -0.494. The molecule has 0 amide bonds. The van der Waals surface area contributed by atoms with Gasteiger partial charge in [-0.1, -0.05) is 12.1 Å². The molecule has 4 nitrogen and oxygen atoms in total. The van der Waals surface area contributed by atoms with E-state index < -0.39 is 5.54 Å². The lowest BCUT2D eigenvalue weighted by molar-refractivity contribution is -0.746. The first-order chi connectivity index (χ1) is 7.65. The van der Waals surface area contributed by atoms with Crippen LogP contribution in [0.4, 0.5) is 4.39 Å². The van der Waals surface area contributed by atoms with Gasteiger partial charge in [-0.25, -0.2) is 4.39 Å². The Bertz CT molecular complexity index is 303. The van der Waals surface area contributed by atoms with E-state index >= 15 is 0 Å². The molecule has 1 aromatic rings. The molecule has 0 unspecified atom stereocenters. The fourth-order valence-corrected chi connectivity index (χ4v) is 1.30. The maximum absolute atomic E-state index is 12.6. The average molecular weight is 230 g/mol. The second-order valence-corrected chi connectivity index (χ2v) is 3.87. The zero-order chi connectivity index (χ0) is 12.0. The van der Waals surface area contributed by atoms with Gasteiger partial charge in [0.2, 0.25) is 0 Å². The third kappa shape index (κ3) is 3.24. The van der Waals surface area contributed by atoms with Crippen LogP contribution in [0.1, 0.15) is 5.56 Å². The minimum Gasteiger partial charge on any atom is -0.390 e. The van der Waals surface area contributed by atoms with Crippen LogP contribution in [0.25, 0.3) is 0 Å². The molecule has 1 rings (SSSR count). The number of rotatable bonds is 6. The Kier molecular flexibility index (Phi) is 4.82. The summed E-state index contributed by atoms with van der Waals surface area (Å²) in [6.07, 6.45) is 0. The summed E-state index contributed by atoms with van der Waals surface area (Å²) in [4.78, 5) is 0. The minimum atomic E-state index is -0.978. The molecule has 0 saturated heterocycles. The molecule has 90 valence electrons. The zero-order valence-corrected chi connectivity index (χ0v) is 8.93. The van der Waals surface area contributed by atoms with Crippen LogP contribution in [0.15, 0.2) is 24.3 Å². The summed E-state index contributed by atoms with van der Waals surface area (Å²) in [7, 11) is 0. The fraction of sp³-hybridized carbons (Fsp3) is 0.455. The van der Waals surface area contributed by atoms with Crippen molar-refractivity contribution in [3.63, 3.8) is 0 Å². The van der Waals surface area contributed by atoms with Crippen LogP contribution in [0, 0.1) is 5.82 Å². The molecule has 0 bridgehead atoms. The van der Waals surface area contributed by atoms with Crippen LogP contribution < -0.4 is 5.32 Å². The van der Waals surface area contributed by atoms with Gasteiger partial charge in [-0.05, 0) is 12.1 Å². The molecule has 0 heterocycles. The normalized spacial score (nSPS) is 11.8. The van der Waals surface area contributed by atoms with Crippen molar-refractivity contribution in [1.82, 2.24) is 0 Å². The van der Waals surface area contributed by atoms with E-state index in [1.54, 1.807) is 17.4 Å². The number of aliphatic hydroxyl groups is 3. The van der Waals surface area contributed by atoms with E-state index in [4.69, 9.17) is 15.3 Å². The van der Waals surface area contributed by atoms with Gasteiger partial charge in [0.15, 0.2) is 5.54 Å². The molecule has 5 heteroatoms. The van der Waals surface area contributed by atoms with Gasteiger partial charge in [-0.2, -0.15) is 0 Å². The quantitative estimate of drug-likeness (QED) is 0.486. The Balaban J connectivity index is 2.58. The van der Waals surface area contributed by atoms with Gasteiger partial charge in [-0.15, -0.1) is 0 Å². The predicted octanol–water partition coefficient (Wildman–Crippen LogP) is -1.40. The van der Waals surface area contributed by atoms with E-state index in [0.717, 1.165) is 5.56 Å². The fourth-order valence-electron chi connectivity index (χ4n) is 1.30. The number of halogens is 1. The Morgan fingerprint density at radius 2 is 1.50 bits per heavy atom. The average Bonchev–Trinajstić information content (AvgIpc) is 2.34. The summed E-state index contributed by atoms with van der Waals surface area (Å²) in [5.41, 5.74) is -0.116. The standard InChI is InChI=1S/C11H16FNO3/c12-10-3-1-9(2-4-10)5-13-11(6-14,7-15)8-16/h1-4,13-16H,5-8H2/p+1. The summed E-state index contributed by atoms with van der Waals surface area (Å²) in [5.74, 6) is -0.304. The highest BCUT2D eigenvalue weighted by Crippen LogP contribution is 2.01. The maximum atomic E-state index is 12.6. The van der Waals surface area contributed by atoms with Crippen LogP contribution in [0.5, 0.6) is 0 Å². The molecule has 0 fully saturated rings. The Hall–Kier alpha value is -1.01. The molecule has 0 spiro atoms. The molecule has 0 aliphatic rings. The van der Waals surface area contributed by atoms with Crippen molar-refractivity contribution in [3.05, 3.63) is 35.6 Å². The first kappa shape index (κ1) is 13.1. The third-order valence-corrected chi connectivity index (χ3v) is 2.63. The van der Waals surface area contributed by atoms with Crippen molar-refractivity contribution in [2.75, 3.05) is 19.8 Å². The number of hydrogen-bond donors (Lipinski definition) is 4.